The molecule has 1 aromatic rings. The molecule has 5 heteroatoms. The molecule has 1 rings (SSSR count). The zero-order valence-electron chi connectivity index (χ0n) is 11.6. The molecule has 0 heterocycles. The van der Waals surface area contributed by atoms with Crippen molar-refractivity contribution in [2.75, 3.05) is 6.54 Å². The number of nitrogens with one attached hydrogen (secondary N) is 1. The van der Waals surface area contributed by atoms with Crippen LogP contribution in [0.1, 0.15) is 39.2 Å². The van der Waals surface area contributed by atoms with Crippen LogP contribution in [0, 0.1) is 0 Å². The number of halogens is 1. The molecule has 0 spiro atoms. The molecule has 0 unspecified atom stereocenters. The molecule has 0 fully saturated rings. The number of carbonyl (C=O) groups excluding carboxylic acids is 1. The van der Waals surface area contributed by atoms with Crippen molar-refractivity contribution in [3.05, 3.63) is 34.9 Å². The summed E-state index contributed by atoms with van der Waals surface area (Å²) < 4.78 is 1.69. The summed E-state index contributed by atoms with van der Waals surface area (Å²) in [6, 6.07) is 7.51. The molecule has 0 radical (unpaired) electrons. The van der Waals surface area contributed by atoms with Crippen LogP contribution in [-0.4, -0.2) is 22.9 Å². The van der Waals surface area contributed by atoms with Gasteiger partial charge >= 0.3 is 0 Å². The van der Waals surface area contributed by atoms with Crippen molar-refractivity contribution >= 4 is 23.2 Å². The summed E-state index contributed by atoms with van der Waals surface area (Å²) in [5.74, 6) is -0.231. The number of hydrogen-bond donors (Lipinski definition) is 1. The number of nitrogens with zero attached hydrogens (tertiary/aromatic N) is 1. The Labute approximate surface area is 118 Å². The second-order valence-electron chi connectivity index (χ2n) is 4.30. The van der Waals surface area contributed by atoms with Gasteiger partial charge in [0.05, 0.1) is 0 Å². The van der Waals surface area contributed by atoms with Crippen LogP contribution in [-0.2, 0) is 9.73 Å². The zero-order valence-corrected chi connectivity index (χ0v) is 12.3. The van der Waals surface area contributed by atoms with Gasteiger partial charge in [-0.1, -0.05) is 18.5 Å². The number of rotatable bonds is 6. The van der Waals surface area contributed by atoms with Crippen LogP contribution < -0.4 is 5.48 Å². The number of unbranched alkanes of at least 4 members (excludes halogenated alkanes) is 1. The van der Waals surface area contributed by atoms with Crippen molar-refractivity contribution in [3.8, 4) is 0 Å². The number of carbonyl (C=O) groups is 1. The minimum atomic E-state index is -0.231. The van der Waals surface area contributed by atoms with Crippen LogP contribution >= 0.6 is 11.6 Å². The van der Waals surface area contributed by atoms with E-state index in [0.717, 1.165) is 24.1 Å². The van der Waals surface area contributed by atoms with Crippen molar-refractivity contribution in [2.24, 2.45) is 0 Å². The third kappa shape index (κ3) is 5.30. The normalized spacial score (nSPS) is 11.8. The van der Waals surface area contributed by atoms with Crippen LogP contribution in [0.15, 0.2) is 24.3 Å². The maximum Gasteiger partial charge on any atom is 0.254 e. The van der Waals surface area contributed by atoms with Crippen molar-refractivity contribution in [2.45, 2.75) is 33.6 Å². The van der Waals surface area contributed by atoms with E-state index in [2.05, 4.69) is 12.4 Å². The predicted octanol–water partition coefficient (Wildman–Crippen LogP) is 2.94. The third-order valence-corrected chi connectivity index (χ3v) is 2.90. The highest BCUT2D eigenvalue weighted by molar-refractivity contribution is 6.30. The van der Waals surface area contributed by atoms with Gasteiger partial charge in [0, 0.05) is 35.6 Å². The Morgan fingerprint density at radius 1 is 1.32 bits per heavy atom. The fourth-order valence-electron chi connectivity index (χ4n) is 1.54. The highest BCUT2D eigenvalue weighted by Gasteiger charge is 2.15. The van der Waals surface area contributed by atoms with E-state index in [1.165, 1.54) is 6.92 Å². The predicted molar refractivity (Wildman–Crippen MR) is 76.2 cm³/mol. The molecule has 4 nitrogen and oxygen atoms in total. The summed E-state index contributed by atoms with van der Waals surface area (Å²) in [4.78, 5) is 16.3. The van der Waals surface area contributed by atoms with E-state index in [9.17, 15) is 4.79 Å². The Balaban J connectivity index is 2.92. The van der Waals surface area contributed by atoms with Gasteiger partial charge in [0.1, 0.15) is 0 Å². The van der Waals surface area contributed by atoms with Gasteiger partial charge in [-0.3, -0.25) is 4.79 Å². The second-order valence-corrected chi connectivity index (χ2v) is 4.73. The first-order valence-electron chi connectivity index (χ1n) is 6.35. The van der Waals surface area contributed by atoms with Crippen LogP contribution in [0.4, 0.5) is 0 Å². The van der Waals surface area contributed by atoms with E-state index in [1.807, 2.05) is 31.2 Å². The Morgan fingerprint density at radius 3 is 2.47 bits per heavy atom. The summed E-state index contributed by atoms with van der Waals surface area (Å²) in [7, 11) is 0. The molecular weight excluding hydrogens is 264 g/mol. The van der Waals surface area contributed by atoms with Crippen molar-refractivity contribution in [3.63, 3.8) is 0 Å². The summed E-state index contributed by atoms with van der Waals surface area (Å²) >= 11 is 5.87. The monoisotopic (exact) mass is 283 g/mol. The molecule has 0 atom stereocenters. The zero-order chi connectivity index (χ0) is 14.3. The van der Waals surface area contributed by atoms with Crippen LogP contribution in [0.5, 0.6) is 0 Å². The fraction of sp³-hybridized carbons (Fsp3) is 0.429. The largest absolute Gasteiger partial charge is 0.272 e. The van der Waals surface area contributed by atoms with Crippen LogP contribution in [0.3, 0.4) is 0 Å². The molecule has 1 amide bonds. The molecule has 0 aliphatic heterocycles. The lowest BCUT2D eigenvalue weighted by Crippen LogP contribution is -2.31. The van der Waals surface area contributed by atoms with Gasteiger partial charge in [0.25, 0.3) is 5.91 Å². The van der Waals surface area contributed by atoms with Gasteiger partial charge in [0.2, 0.25) is 5.71 Å². The molecule has 19 heavy (non-hydrogen) atoms. The summed E-state index contributed by atoms with van der Waals surface area (Å²) in [5.41, 5.74) is 4.29. The minimum absolute atomic E-state index is 0.231. The molecule has 104 valence electrons. The topological polar surface area (TPSA) is 41.3 Å². The van der Waals surface area contributed by atoms with Gasteiger partial charge in [-0.05, 0) is 30.7 Å². The Morgan fingerprint density at radius 2 is 1.95 bits per heavy atom. The quantitative estimate of drug-likeness (QED) is 0.495. The minimum Gasteiger partial charge on any atom is -0.272 e. The van der Waals surface area contributed by atoms with Crippen molar-refractivity contribution in [1.29, 1.82) is 0 Å². The van der Waals surface area contributed by atoms with Gasteiger partial charge in [-0.2, -0.15) is 0 Å². The average molecular weight is 284 g/mol. The molecule has 1 N–H and O–H groups in total. The highest BCUT2D eigenvalue weighted by Crippen LogP contribution is 2.10. The fourth-order valence-corrected chi connectivity index (χ4v) is 1.66. The second kappa shape index (κ2) is 7.79. The molecule has 0 bridgehead atoms. The van der Waals surface area contributed by atoms with E-state index in [4.69, 9.17) is 16.5 Å². The van der Waals surface area contributed by atoms with E-state index in [1.54, 1.807) is 4.74 Å². The van der Waals surface area contributed by atoms with Gasteiger partial charge < -0.3 is 0 Å². The summed E-state index contributed by atoms with van der Waals surface area (Å²) in [5, 5.41) is 0.694. The lowest BCUT2D eigenvalue weighted by atomic mass is 10.1. The maximum atomic E-state index is 10.9. The first-order chi connectivity index (χ1) is 9.04. The molecule has 0 aliphatic carbocycles. The lowest BCUT2D eigenvalue weighted by Gasteiger charge is -2.05. The number of benzene rings is 1. The highest BCUT2D eigenvalue weighted by atomic mass is 35.5. The van der Waals surface area contributed by atoms with E-state index < -0.39 is 0 Å². The molecule has 0 saturated carbocycles. The van der Waals surface area contributed by atoms with E-state index in [-0.39, 0.29) is 5.91 Å². The SMILES string of the molecule is CCCC[N+](ONC(C)=O)=C(C)c1ccc(Cl)cc1. The van der Waals surface area contributed by atoms with Gasteiger partial charge in [0.15, 0.2) is 6.54 Å². The Kier molecular flexibility index (Phi) is 6.36. The number of hydroxylamine groups is 2. The summed E-state index contributed by atoms with van der Waals surface area (Å²) in [6.07, 6.45) is 2.03. The Bertz CT molecular complexity index is 455. The van der Waals surface area contributed by atoms with Crippen LogP contribution in [0.25, 0.3) is 0 Å². The summed E-state index contributed by atoms with van der Waals surface area (Å²) in [6.45, 7) is 6.18. The number of hydrogen-bond acceptors (Lipinski definition) is 2. The Hall–Kier alpha value is -1.55. The smallest absolute Gasteiger partial charge is 0.254 e. The first kappa shape index (κ1) is 15.5. The lowest BCUT2D eigenvalue weighted by molar-refractivity contribution is -0.801. The molecule has 1 aromatic carbocycles. The van der Waals surface area contributed by atoms with Gasteiger partial charge in [-0.15, -0.1) is 10.4 Å². The van der Waals surface area contributed by atoms with E-state index in [0.29, 0.717) is 11.6 Å². The third-order valence-electron chi connectivity index (χ3n) is 2.65. The average Bonchev–Trinajstić information content (AvgIpc) is 2.39. The maximum absolute atomic E-state index is 10.9. The first-order valence-corrected chi connectivity index (χ1v) is 6.73. The van der Waals surface area contributed by atoms with Gasteiger partial charge in [-0.25, -0.2) is 0 Å². The standard InChI is InChI=1S/C14H19ClN2O2/c1-4-5-10-17(19-16-12(3)18)11(2)13-6-8-14(15)9-7-13/h6-9H,4-5,10H2,1-3H3/p+1. The molecule has 0 saturated heterocycles. The van der Waals surface area contributed by atoms with Crippen molar-refractivity contribution < 1.29 is 14.5 Å². The molecule has 0 aromatic heterocycles. The van der Waals surface area contributed by atoms with Crippen LogP contribution in [0.2, 0.25) is 5.02 Å². The molecular formula is C14H20ClN2O2+. The van der Waals surface area contributed by atoms with Crippen molar-refractivity contribution in [1.82, 2.24) is 5.48 Å². The molecule has 0 aliphatic rings. The van der Waals surface area contributed by atoms with E-state index >= 15 is 0 Å². The number of amides is 1.